The second kappa shape index (κ2) is 7.08. The van der Waals surface area contributed by atoms with Gasteiger partial charge in [0, 0.05) is 4.47 Å². The van der Waals surface area contributed by atoms with Crippen LogP contribution in [0.5, 0.6) is 0 Å². The average molecular weight is 421 g/mol. The zero-order valence-electron chi connectivity index (χ0n) is 15.1. The number of halogens is 1. The first-order chi connectivity index (χ1) is 12.0. The standard InChI is InChI=1S/C18H21BrN4O3/c1-11(2)17(3,10-20)21-14(24)9-23-15(25)18(4,22-16(23)26)12-6-5-7-13(19)8-12/h5-8,11H,9H2,1-4H3,(H,21,24)(H,22,26)/t17-,18+/m1/s1. The van der Waals surface area contributed by atoms with Gasteiger partial charge in [0.05, 0.1) is 6.07 Å². The number of benzene rings is 1. The summed E-state index contributed by atoms with van der Waals surface area (Å²) >= 11 is 3.35. The Balaban J connectivity index is 2.19. The Labute approximate surface area is 160 Å². The molecule has 138 valence electrons. The van der Waals surface area contributed by atoms with Crippen molar-refractivity contribution in [2.75, 3.05) is 6.54 Å². The van der Waals surface area contributed by atoms with Crippen molar-refractivity contribution in [3.8, 4) is 6.07 Å². The Morgan fingerprint density at radius 3 is 2.65 bits per heavy atom. The predicted octanol–water partition coefficient (Wildman–Crippen LogP) is 2.27. The van der Waals surface area contributed by atoms with Gasteiger partial charge in [-0.2, -0.15) is 5.26 Å². The number of hydrogen-bond donors (Lipinski definition) is 2. The minimum atomic E-state index is -1.25. The van der Waals surface area contributed by atoms with E-state index in [0.717, 1.165) is 9.37 Å². The summed E-state index contributed by atoms with van der Waals surface area (Å²) in [6, 6.07) is 8.48. The van der Waals surface area contributed by atoms with Gasteiger partial charge in [-0.15, -0.1) is 0 Å². The van der Waals surface area contributed by atoms with E-state index in [1.54, 1.807) is 32.0 Å². The lowest BCUT2D eigenvalue weighted by Crippen LogP contribution is -2.52. The summed E-state index contributed by atoms with van der Waals surface area (Å²) in [4.78, 5) is 38.3. The van der Waals surface area contributed by atoms with E-state index in [9.17, 15) is 19.6 Å². The lowest BCUT2D eigenvalue weighted by molar-refractivity contribution is -0.135. The Morgan fingerprint density at radius 2 is 2.12 bits per heavy atom. The van der Waals surface area contributed by atoms with E-state index in [1.807, 2.05) is 19.9 Å². The van der Waals surface area contributed by atoms with Crippen molar-refractivity contribution in [3.05, 3.63) is 34.3 Å². The van der Waals surface area contributed by atoms with E-state index in [-0.39, 0.29) is 5.92 Å². The van der Waals surface area contributed by atoms with Crippen LogP contribution in [0.3, 0.4) is 0 Å². The van der Waals surface area contributed by atoms with Crippen molar-refractivity contribution >= 4 is 33.8 Å². The summed E-state index contributed by atoms with van der Waals surface area (Å²) in [6.45, 7) is 6.37. The molecule has 0 unspecified atom stereocenters. The minimum absolute atomic E-state index is 0.133. The highest BCUT2D eigenvalue weighted by Gasteiger charge is 2.49. The highest BCUT2D eigenvalue weighted by molar-refractivity contribution is 9.10. The summed E-state index contributed by atoms with van der Waals surface area (Å²) in [7, 11) is 0. The molecule has 0 spiro atoms. The fourth-order valence-corrected chi connectivity index (χ4v) is 3.01. The van der Waals surface area contributed by atoms with Gasteiger partial charge in [-0.25, -0.2) is 4.79 Å². The molecule has 26 heavy (non-hydrogen) atoms. The number of rotatable bonds is 5. The highest BCUT2D eigenvalue weighted by atomic mass is 79.9. The smallest absolute Gasteiger partial charge is 0.325 e. The van der Waals surface area contributed by atoms with Crippen LogP contribution in [0.25, 0.3) is 0 Å². The van der Waals surface area contributed by atoms with Gasteiger partial charge in [-0.1, -0.05) is 41.9 Å². The largest absolute Gasteiger partial charge is 0.336 e. The molecule has 0 aromatic heterocycles. The minimum Gasteiger partial charge on any atom is -0.336 e. The van der Waals surface area contributed by atoms with Gasteiger partial charge in [0.15, 0.2) is 0 Å². The number of urea groups is 1. The van der Waals surface area contributed by atoms with E-state index in [1.165, 1.54) is 0 Å². The third-order valence-electron chi connectivity index (χ3n) is 4.76. The molecule has 0 aliphatic carbocycles. The van der Waals surface area contributed by atoms with Crippen LogP contribution in [0.2, 0.25) is 0 Å². The van der Waals surface area contributed by atoms with Crippen LogP contribution in [-0.2, 0) is 15.1 Å². The van der Waals surface area contributed by atoms with Crippen molar-refractivity contribution in [1.29, 1.82) is 5.26 Å². The number of hydrogen-bond acceptors (Lipinski definition) is 4. The van der Waals surface area contributed by atoms with Crippen molar-refractivity contribution in [1.82, 2.24) is 15.5 Å². The molecule has 1 saturated heterocycles. The molecule has 2 rings (SSSR count). The maximum absolute atomic E-state index is 12.8. The summed E-state index contributed by atoms with van der Waals surface area (Å²) in [5.41, 5.74) is -1.72. The third-order valence-corrected chi connectivity index (χ3v) is 5.26. The molecule has 8 heteroatoms. The van der Waals surface area contributed by atoms with E-state index in [0.29, 0.717) is 5.56 Å². The lowest BCUT2D eigenvalue weighted by Gasteiger charge is -2.28. The summed E-state index contributed by atoms with van der Waals surface area (Å²) < 4.78 is 0.774. The SMILES string of the molecule is CC(C)[C@@](C)(C#N)NC(=O)CN1C(=O)N[C@@](C)(c2cccc(Br)c2)C1=O. The van der Waals surface area contributed by atoms with Gasteiger partial charge in [0.2, 0.25) is 5.91 Å². The summed E-state index contributed by atoms with van der Waals surface area (Å²) in [5, 5.41) is 14.6. The predicted molar refractivity (Wildman–Crippen MR) is 98.7 cm³/mol. The van der Waals surface area contributed by atoms with E-state index < -0.39 is 35.5 Å². The van der Waals surface area contributed by atoms with Crippen molar-refractivity contribution < 1.29 is 14.4 Å². The van der Waals surface area contributed by atoms with Gasteiger partial charge >= 0.3 is 6.03 Å². The van der Waals surface area contributed by atoms with Gasteiger partial charge in [0.1, 0.15) is 17.6 Å². The van der Waals surface area contributed by atoms with Crippen molar-refractivity contribution in [3.63, 3.8) is 0 Å². The van der Waals surface area contributed by atoms with Crippen molar-refractivity contribution in [2.45, 2.75) is 38.8 Å². The van der Waals surface area contributed by atoms with E-state index in [4.69, 9.17) is 0 Å². The Hall–Kier alpha value is -2.40. The molecular formula is C18H21BrN4O3. The molecule has 7 nitrogen and oxygen atoms in total. The first-order valence-corrected chi connectivity index (χ1v) is 8.95. The molecule has 0 bridgehead atoms. The van der Waals surface area contributed by atoms with Crippen LogP contribution in [0, 0.1) is 17.2 Å². The fourth-order valence-electron chi connectivity index (χ4n) is 2.61. The Kier molecular flexibility index (Phi) is 5.42. The van der Waals surface area contributed by atoms with Crippen LogP contribution in [-0.4, -0.2) is 34.8 Å². The van der Waals surface area contributed by atoms with Gasteiger partial charge in [-0.3, -0.25) is 14.5 Å². The zero-order valence-corrected chi connectivity index (χ0v) is 16.7. The average Bonchev–Trinajstić information content (AvgIpc) is 2.79. The number of nitrogens with one attached hydrogen (secondary N) is 2. The number of nitrogens with zero attached hydrogens (tertiary/aromatic N) is 2. The molecule has 2 atom stereocenters. The number of nitriles is 1. The molecule has 2 N–H and O–H groups in total. The first-order valence-electron chi connectivity index (χ1n) is 8.16. The number of carbonyl (C=O) groups is 3. The highest BCUT2D eigenvalue weighted by Crippen LogP contribution is 2.30. The number of carbonyl (C=O) groups excluding carboxylic acids is 3. The fraction of sp³-hybridized carbons (Fsp3) is 0.444. The molecule has 0 radical (unpaired) electrons. The molecule has 4 amide bonds. The van der Waals surface area contributed by atoms with E-state index in [2.05, 4.69) is 32.6 Å². The number of imide groups is 1. The molecule has 1 heterocycles. The van der Waals surface area contributed by atoms with Crippen molar-refractivity contribution in [2.24, 2.45) is 5.92 Å². The second-order valence-corrected chi connectivity index (χ2v) is 7.89. The van der Waals surface area contributed by atoms with Crippen LogP contribution < -0.4 is 10.6 Å². The van der Waals surface area contributed by atoms with Gasteiger partial charge in [0.25, 0.3) is 5.91 Å². The maximum atomic E-state index is 12.8. The second-order valence-electron chi connectivity index (χ2n) is 6.97. The molecule has 1 fully saturated rings. The molecule has 1 aliphatic rings. The van der Waals surface area contributed by atoms with Gasteiger partial charge in [-0.05, 0) is 37.5 Å². The zero-order chi connectivity index (χ0) is 19.7. The van der Waals surface area contributed by atoms with Crippen LogP contribution in [0.15, 0.2) is 28.7 Å². The summed E-state index contributed by atoms with van der Waals surface area (Å²) in [5.74, 6) is -1.21. The number of amides is 4. The molecule has 1 aromatic rings. The molecule has 1 aliphatic heterocycles. The molecule has 1 aromatic carbocycles. The van der Waals surface area contributed by atoms with E-state index >= 15 is 0 Å². The quantitative estimate of drug-likeness (QED) is 0.712. The summed E-state index contributed by atoms with van der Waals surface area (Å²) in [6.07, 6.45) is 0. The normalized spacial score (nSPS) is 22.0. The molecular weight excluding hydrogens is 400 g/mol. The third kappa shape index (κ3) is 3.58. The van der Waals surface area contributed by atoms with Gasteiger partial charge < -0.3 is 10.6 Å². The monoisotopic (exact) mass is 420 g/mol. The van der Waals surface area contributed by atoms with Crippen LogP contribution in [0.4, 0.5) is 4.79 Å². The maximum Gasteiger partial charge on any atom is 0.325 e. The molecule has 0 saturated carbocycles. The first kappa shape index (κ1) is 19.9. The topological polar surface area (TPSA) is 102 Å². The lowest BCUT2D eigenvalue weighted by atomic mass is 9.90. The van der Waals surface area contributed by atoms with Crippen LogP contribution >= 0.6 is 15.9 Å². The Bertz CT molecular complexity index is 804. The van der Waals surface area contributed by atoms with Crippen LogP contribution in [0.1, 0.15) is 33.3 Å². The Morgan fingerprint density at radius 1 is 1.46 bits per heavy atom.